The van der Waals surface area contributed by atoms with E-state index in [-0.39, 0.29) is 11.8 Å². The zero-order chi connectivity index (χ0) is 14.4. The molecule has 0 aliphatic heterocycles. The van der Waals surface area contributed by atoms with Crippen molar-refractivity contribution in [2.75, 3.05) is 0 Å². The van der Waals surface area contributed by atoms with Gasteiger partial charge in [0.15, 0.2) is 5.82 Å². The Labute approximate surface area is 125 Å². The molecule has 2 aliphatic rings. The maximum Gasteiger partial charge on any atom is 0.307 e. The van der Waals surface area contributed by atoms with Crippen molar-refractivity contribution in [3.63, 3.8) is 0 Å². The van der Waals surface area contributed by atoms with Gasteiger partial charge < -0.3 is 5.11 Å². The number of allylic oxidation sites excluding steroid dienone is 2. The Balaban J connectivity index is 1.71. The largest absolute Gasteiger partial charge is 0.481 e. The van der Waals surface area contributed by atoms with E-state index < -0.39 is 5.97 Å². The quantitative estimate of drug-likeness (QED) is 0.882. The summed E-state index contributed by atoms with van der Waals surface area (Å²) in [6.07, 6.45) is 8.87. The SMILES string of the molecule is O=C(O)C1CC=CCC1c1nn2c(C3CCC3)nnc2s1. The molecule has 2 atom stereocenters. The molecule has 1 saturated carbocycles. The number of aromatic nitrogens is 4. The summed E-state index contributed by atoms with van der Waals surface area (Å²) in [6.45, 7) is 0. The molecule has 0 saturated heterocycles. The van der Waals surface area contributed by atoms with Crippen LogP contribution in [0, 0.1) is 5.92 Å². The molecule has 7 heteroatoms. The van der Waals surface area contributed by atoms with Crippen LogP contribution < -0.4 is 0 Å². The highest BCUT2D eigenvalue weighted by atomic mass is 32.1. The smallest absolute Gasteiger partial charge is 0.307 e. The Morgan fingerprint density at radius 2 is 2.10 bits per heavy atom. The Morgan fingerprint density at radius 1 is 1.29 bits per heavy atom. The van der Waals surface area contributed by atoms with Crippen molar-refractivity contribution in [3.8, 4) is 0 Å². The van der Waals surface area contributed by atoms with Gasteiger partial charge in [0, 0.05) is 11.8 Å². The third-order valence-electron chi connectivity index (χ3n) is 4.57. The fraction of sp³-hybridized carbons (Fsp3) is 0.571. The van der Waals surface area contributed by atoms with Crippen LogP contribution >= 0.6 is 11.3 Å². The average molecular weight is 304 g/mol. The molecule has 2 unspecified atom stereocenters. The maximum absolute atomic E-state index is 11.4. The summed E-state index contributed by atoms with van der Waals surface area (Å²) in [4.78, 5) is 12.2. The third-order valence-corrected chi connectivity index (χ3v) is 5.60. The van der Waals surface area contributed by atoms with Gasteiger partial charge in [-0.25, -0.2) is 0 Å². The van der Waals surface area contributed by atoms with Gasteiger partial charge in [-0.3, -0.25) is 4.79 Å². The molecule has 0 aromatic carbocycles. The van der Waals surface area contributed by atoms with E-state index in [4.69, 9.17) is 0 Å². The van der Waals surface area contributed by atoms with Crippen molar-refractivity contribution in [2.45, 2.75) is 43.9 Å². The standard InChI is InChI=1S/C14H16N4O2S/c19-13(20)10-7-2-1-6-9(10)12-17-18-11(8-4-3-5-8)15-16-14(18)21-12/h1-2,8-10H,3-7H2,(H,19,20). The third kappa shape index (κ3) is 2.07. The number of fused-ring (bicyclic) bond motifs is 1. The minimum atomic E-state index is -0.741. The fourth-order valence-corrected chi connectivity index (χ4v) is 4.10. The Morgan fingerprint density at radius 3 is 2.81 bits per heavy atom. The van der Waals surface area contributed by atoms with E-state index in [1.807, 2.05) is 10.6 Å². The molecule has 4 rings (SSSR count). The van der Waals surface area contributed by atoms with Crippen molar-refractivity contribution < 1.29 is 9.90 Å². The van der Waals surface area contributed by atoms with Crippen molar-refractivity contribution >= 4 is 22.3 Å². The van der Waals surface area contributed by atoms with E-state index in [1.165, 1.54) is 17.8 Å². The van der Waals surface area contributed by atoms with Crippen LogP contribution in [0.2, 0.25) is 0 Å². The summed E-state index contributed by atoms with van der Waals surface area (Å²) in [5, 5.41) is 23.4. The predicted octanol–water partition coefficient (Wildman–Crippen LogP) is 2.59. The van der Waals surface area contributed by atoms with Crippen LogP contribution in [0.1, 0.15) is 54.8 Å². The molecule has 2 aliphatic carbocycles. The van der Waals surface area contributed by atoms with E-state index in [0.29, 0.717) is 12.3 Å². The average Bonchev–Trinajstić information content (AvgIpc) is 2.99. The predicted molar refractivity (Wildman–Crippen MR) is 77.5 cm³/mol. The zero-order valence-electron chi connectivity index (χ0n) is 11.5. The highest BCUT2D eigenvalue weighted by molar-refractivity contribution is 7.16. The molecule has 2 aromatic rings. The number of nitrogens with zero attached hydrogens (tertiary/aromatic N) is 4. The first-order valence-electron chi connectivity index (χ1n) is 7.34. The first-order chi connectivity index (χ1) is 10.2. The van der Waals surface area contributed by atoms with Gasteiger partial charge in [-0.2, -0.15) is 9.61 Å². The lowest BCUT2D eigenvalue weighted by molar-refractivity contribution is -0.142. The zero-order valence-corrected chi connectivity index (χ0v) is 12.3. The molecule has 0 radical (unpaired) electrons. The topological polar surface area (TPSA) is 80.4 Å². The van der Waals surface area contributed by atoms with Gasteiger partial charge in [-0.15, -0.1) is 10.2 Å². The number of carboxylic acid groups (broad SMARTS) is 1. The Bertz CT molecular complexity index is 716. The molecule has 21 heavy (non-hydrogen) atoms. The highest BCUT2D eigenvalue weighted by Gasteiger charge is 2.33. The molecule has 6 nitrogen and oxygen atoms in total. The highest BCUT2D eigenvalue weighted by Crippen LogP contribution is 2.39. The van der Waals surface area contributed by atoms with Crippen LogP contribution in [-0.4, -0.2) is 30.9 Å². The van der Waals surface area contributed by atoms with Crippen LogP contribution in [-0.2, 0) is 4.79 Å². The van der Waals surface area contributed by atoms with Gasteiger partial charge in [0.05, 0.1) is 5.92 Å². The number of carbonyl (C=O) groups is 1. The fourth-order valence-electron chi connectivity index (χ4n) is 3.08. The maximum atomic E-state index is 11.4. The number of carboxylic acids is 1. The number of rotatable bonds is 3. The van der Waals surface area contributed by atoms with Gasteiger partial charge in [-0.1, -0.05) is 29.9 Å². The van der Waals surface area contributed by atoms with E-state index in [1.54, 1.807) is 0 Å². The summed E-state index contributed by atoms with van der Waals surface area (Å²) < 4.78 is 1.83. The van der Waals surface area contributed by atoms with Crippen molar-refractivity contribution in [1.82, 2.24) is 19.8 Å². The number of hydrogen-bond donors (Lipinski definition) is 1. The van der Waals surface area contributed by atoms with Crippen molar-refractivity contribution in [2.24, 2.45) is 5.92 Å². The van der Waals surface area contributed by atoms with Gasteiger partial charge in [0.2, 0.25) is 4.96 Å². The summed E-state index contributed by atoms with van der Waals surface area (Å²) in [6, 6.07) is 0. The summed E-state index contributed by atoms with van der Waals surface area (Å²) >= 11 is 1.48. The van der Waals surface area contributed by atoms with Gasteiger partial charge in [-0.05, 0) is 25.7 Å². The second-order valence-corrected chi connectivity index (χ2v) is 6.80. The van der Waals surface area contributed by atoms with Crippen LogP contribution in [0.5, 0.6) is 0 Å². The lowest BCUT2D eigenvalue weighted by Gasteiger charge is -2.23. The lowest BCUT2D eigenvalue weighted by Crippen LogP contribution is -2.23. The monoisotopic (exact) mass is 304 g/mol. The second-order valence-electron chi connectivity index (χ2n) is 5.81. The molecule has 110 valence electrons. The molecule has 0 amide bonds. The van der Waals surface area contributed by atoms with Gasteiger partial charge >= 0.3 is 5.97 Å². The Hall–Kier alpha value is -1.76. The van der Waals surface area contributed by atoms with Crippen LogP contribution in [0.3, 0.4) is 0 Å². The van der Waals surface area contributed by atoms with Crippen LogP contribution in [0.25, 0.3) is 4.96 Å². The molecular formula is C14H16N4O2S. The van der Waals surface area contributed by atoms with Gasteiger partial charge in [0.1, 0.15) is 5.01 Å². The molecule has 2 aromatic heterocycles. The van der Waals surface area contributed by atoms with Crippen molar-refractivity contribution in [3.05, 3.63) is 23.0 Å². The normalized spacial score (nSPS) is 26.1. The first kappa shape index (κ1) is 12.9. The first-order valence-corrected chi connectivity index (χ1v) is 8.15. The van der Waals surface area contributed by atoms with Crippen molar-refractivity contribution in [1.29, 1.82) is 0 Å². The molecule has 0 spiro atoms. The minimum absolute atomic E-state index is 0.0477. The van der Waals surface area contributed by atoms with Crippen LogP contribution in [0.4, 0.5) is 0 Å². The lowest BCUT2D eigenvalue weighted by atomic mass is 9.83. The molecule has 1 N–H and O–H groups in total. The number of hydrogen-bond acceptors (Lipinski definition) is 5. The van der Waals surface area contributed by atoms with Crippen LogP contribution in [0.15, 0.2) is 12.2 Å². The molecule has 2 heterocycles. The Kier molecular flexibility index (Phi) is 3.02. The van der Waals surface area contributed by atoms with E-state index in [0.717, 1.165) is 35.1 Å². The molecule has 1 fully saturated rings. The minimum Gasteiger partial charge on any atom is -0.481 e. The summed E-state index contributed by atoms with van der Waals surface area (Å²) in [5.74, 6) is 0.238. The second kappa shape index (κ2) is 4.91. The molecular weight excluding hydrogens is 288 g/mol. The molecule has 0 bridgehead atoms. The van der Waals surface area contributed by atoms with Gasteiger partial charge in [0.25, 0.3) is 0 Å². The van der Waals surface area contributed by atoms with E-state index >= 15 is 0 Å². The van der Waals surface area contributed by atoms with E-state index in [9.17, 15) is 9.90 Å². The summed E-state index contributed by atoms with van der Waals surface area (Å²) in [7, 11) is 0. The summed E-state index contributed by atoms with van der Waals surface area (Å²) in [5.41, 5.74) is 0. The van der Waals surface area contributed by atoms with E-state index in [2.05, 4.69) is 21.4 Å². The number of aliphatic carboxylic acids is 1.